The van der Waals surface area contributed by atoms with Crippen LogP contribution in [-0.2, 0) is 16.2 Å². The molecule has 0 N–H and O–H groups in total. The normalized spacial score (nSPS) is 13.5. The lowest BCUT2D eigenvalue weighted by Crippen LogP contribution is -2.28. The minimum atomic E-state index is -0.352. The van der Waals surface area contributed by atoms with Gasteiger partial charge in [-0.2, -0.15) is 0 Å². The van der Waals surface area contributed by atoms with Crippen molar-refractivity contribution in [3.63, 3.8) is 0 Å². The topological polar surface area (TPSA) is 33.5 Å². The molecule has 1 aliphatic heterocycles. The number of anilines is 2. The first-order chi connectivity index (χ1) is 34.3. The Morgan fingerprint density at radius 1 is 0.486 bits per heavy atom. The van der Waals surface area contributed by atoms with Gasteiger partial charge < -0.3 is 14.5 Å². The highest BCUT2D eigenvalue weighted by Gasteiger charge is 2.32. The van der Waals surface area contributed by atoms with Crippen LogP contribution in [0, 0.1) is 0 Å². The molecule has 0 saturated carbocycles. The minimum Gasteiger partial charge on any atom is -0.457 e. The summed E-state index contributed by atoms with van der Waals surface area (Å²) >= 11 is 0. The lowest BCUT2D eigenvalue weighted by molar-refractivity contribution is 0.480. The van der Waals surface area contributed by atoms with Crippen molar-refractivity contribution in [2.45, 2.75) is 111 Å². The van der Waals surface area contributed by atoms with Crippen molar-refractivity contribution in [2.24, 2.45) is 0 Å². The third kappa shape index (κ3) is 9.22. The monoisotopic (exact) mass is 947 g/mol. The minimum absolute atomic E-state index is 0.00999. The molecule has 7 aromatic carbocycles. The highest BCUT2D eigenvalue weighted by molar-refractivity contribution is 6.10. The summed E-state index contributed by atoms with van der Waals surface area (Å²) in [6, 6.07) is 62.1. The molecule has 9 aromatic rings. The summed E-state index contributed by atoms with van der Waals surface area (Å²) < 4.78 is 9.56. The maximum atomic E-state index is 7.25. The number of hydrogen-bond acceptors (Lipinski definition) is 4. The van der Waals surface area contributed by atoms with E-state index in [0.29, 0.717) is 18.5 Å². The average molecular weight is 947 g/mol. The van der Waals surface area contributed by atoms with E-state index in [1.54, 1.807) is 0 Å². The van der Waals surface area contributed by atoms with Crippen molar-refractivity contribution in [3.05, 3.63) is 221 Å². The van der Waals surface area contributed by atoms with Crippen LogP contribution < -0.4 is 14.5 Å². The molecule has 0 aliphatic carbocycles. The van der Waals surface area contributed by atoms with E-state index in [0.717, 1.165) is 39.4 Å². The molecule has 0 bridgehead atoms. The van der Waals surface area contributed by atoms with Crippen LogP contribution in [0.4, 0.5) is 11.4 Å². The van der Waals surface area contributed by atoms with E-state index in [9.17, 15) is 0 Å². The van der Waals surface area contributed by atoms with Gasteiger partial charge in [-0.25, -0.2) is 4.98 Å². The van der Waals surface area contributed by atoms with Gasteiger partial charge in [0.05, 0.1) is 23.4 Å². The van der Waals surface area contributed by atoms with Crippen LogP contribution >= 0.6 is 0 Å². The molecule has 0 amide bonds. The number of ether oxygens (including phenoxy) is 1. The fourth-order valence-electron chi connectivity index (χ4n) is 10.5. The van der Waals surface area contributed by atoms with Crippen molar-refractivity contribution >= 4 is 38.9 Å². The maximum absolute atomic E-state index is 7.25. The zero-order valence-electron chi connectivity index (χ0n) is 44.4. The average Bonchev–Trinajstić information content (AvgIpc) is 3.96. The molecule has 5 heteroatoms. The van der Waals surface area contributed by atoms with Crippen molar-refractivity contribution in [3.8, 4) is 28.4 Å². The highest BCUT2D eigenvalue weighted by atomic mass is 16.5. The van der Waals surface area contributed by atoms with Gasteiger partial charge in [-0.1, -0.05) is 180 Å². The van der Waals surface area contributed by atoms with Gasteiger partial charge in [0, 0.05) is 57.7 Å². The summed E-state index contributed by atoms with van der Waals surface area (Å²) in [7, 11) is 0. The van der Waals surface area contributed by atoms with Crippen molar-refractivity contribution in [2.75, 3.05) is 16.5 Å². The van der Waals surface area contributed by atoms with Gasteiger partial charge in [-0.05, 0) is 128 Å². The molecular weight excluding hydrogens is 877 g/mol. The van der Waals surface area contributed by atoms with E-state index < -0.39 is 0 Å². The Morgan fingerprint density at radius 2 is 1.12 bits per heavy atom. The van der Waals surface area contributed by atoms with Crippen molar-refractivity contribution < 1.29 is 4.74 Å². The zero-order valence-corrected chi connectivity index (χ0v) is 44.4. The number of benzene rings is 7. The largest absolute Gasteiger partial charge is 0.457 e. The fraction of sp³-hybridized carbons (Fsp3) is 0.269. The molecule has 5 nitrogen and oxygen atoms in total. The Balaban J connectivity index is 1.16. The van der Waals surface area contributed by atoms with E-state index in [1.807, 2.05) is 6.20 Å². The molecule has 0 unspecified atom stereocenters. The second kappa shape index (κ2) is 18.7. The summed E-state index contributed by atoms with van der Waals surface area (Å²) in [6.07, 6.45) is 4.34. The standard InChI is InChI=1S/C67H70N4O/c1-44(2)56-27-20-28-57(45(3)4)64(56)62-42-69(52-26-19-25-49(36-52)65(5,6)7)43-70(62)53-37-51(67(11,12)48-23-17-14-18-24-48)38-55(40-53)72-54-30-31-58-59-35-47(46-21-15-13-16-22-46)29-32-60(59)71(61(58)41-54)63-39-50(33-34-68-63)66(8,9)10/h13-42,44-45H,43H2,1-12H3. The van der Waals surface area contributed by atoms with Gasteiger partial charge >= 0.3 is 0 Å². The highest BCUT2D eigenvalue weighted by Crippen LogP contribution is 2.45. The third-order valence-corrected chi connectivity index (χ3v) is 14.9. The van der Waals surface area contributed by atoms with Gasteiger partial charge in [0.25, 0.3) is 0 Å². The van der Waals surface area contributed by atoms with Crippen LogP contribution in [0.3, 0.4) is 0 Å². The Kier molecular flexibility index (Phi) is 12.5. The lowest BCUT2D eigenvalue weighted by atomic mass is 9.78. The van der Waals surface area contributed by atoms with Gasteiger partial charge in [-0.3, -0.25) is 4.57 Å². The van der Waals surface area contributed by atoms with Crippen molar-refractivity contribution in [1.29, 1.82) is 0 Å². The zero-order chi connectivity index (χ0) is 50.7. The molecule has 2 aromatic heterocycles. The molecule has 72 heavy (non-hydrogen) atoms. The predicted molar refractivity (Wildman–Crippen MR) is 305 cm³/mol. The second-order valence-electron chi connectivity index (χ2n) is 23.0. The van der Waals surface area contributed by atoms with Crippen LogP contribution in [0.15, 0.2) is 182 Å². The van der Waals surface area contributed by atoms with Crippen LogP contribution in [0.1, 0.15) is 134 Å². The summed E-state index contributed by atoms with van der Waals surface area (Å²) in [6.45, 7) is 28.2. The summed E-state index contributed by atoms with van der Waals surface area (Å²) in [4.78, 5) is 9.98. The van der Waals surface area contributed by atoms with Crippen LogP contribution in [-0.4, -0.2) is 16.2 Å². The summed E-state index contributed by atoms with van der Waals surface area (Å²) in [5, 5.41) is 2.31. The Hall–Kier alpha value is -7.37. The molecular formula is C67H70N4O. The maximum Gasteiger partial charge on any atom is 0.137 e. The smallest absolute Gasteiger partial charge is 0.137 e. The third-order valence-electron chi connectivity index (χ3n) is 14.9. The summed E-state index contributed by atoms with van der Waals surface area (Å²) in [5.41, 5.74) is 16.5. The number of aromatic nitrogens is 2. The number of pyridine rings is 1. The van der Waals surface area contributed by atoms with E-state index in [-0.39, 0.29) is 16.2 Å². The second-order valence-corrected chi connectivity index (χ2v) is 23.0. The molecule has 0 radical (unpaired) electrons. The predicted octanol–water partition coefficient (Wildman–Crippen LogP) is 18.1. The Labute approximate surface area is 428 Å². The van der Waals surface area contributed by atoms with E-state index in [2.05, 4.69) is 274 Å². The van der Waals surface area contributed by atoms with Crippen molar-refractivity contribution in [1.82, 2.24) is 9.55 Å². The van der Waals surface area contributed by atoms with E-state index in [4.69, 9.17) is 9.72 Å². The number of fused-ring (bicyclic) bond motifs is 3. The van der Waals surface area contributed by atoms with Crippen LogP contribution in [0.5, 0.6) is 11.5 Å². The quantitative estimate of drug-likeness (QED) is 0.129. The molecule has 364 valence electrons. The van der Waals surface area contributed by atoms with Gasteiger partial charge in [0.2, 0.25) is 0 Å². The van der Waals surface area contributed by atoms with Gasteiger partial charge in [0.15, 0.2) is 0 Å². The van der Waals surface area contributed by atoms with E-state index in [1.165, 1.54) is 66.8 Å². The molecule has 10 rings (SSSR count). The number of hydrogen-bond donors (Lipinski definition) is 0. The molecule has 3 heterocycles. The van der Waals surface area contributed by atoms with Gasteiger partial charge in [-0.15, -0.1) is 0 Å². The molecule has 0 saturated heterocycles. The molecule has 0 spiro atoms. The summed E-state index contributed by atoms with van der Waals surface area (Å²) in [5.74, 6) is 3.07. The molecule has 0 fully saturated rings. The first kappa shape index (κ1) is 48.3. The van der Waals surface area contributed by atoms with Crippen LogP contribution in [0.25, 0.3) is 44.4 Å². The number of nitrogens with zero attached hydrogens (tertiary/aromatic N) is 4. The SMILES string of the molecule is CC(C)c1cccc(C(C)C)c1C1=CN(c2cccc(C(C)(C)C)c2)CN1c1cc(Oc2ccc3c4cc(-c5ccccc5)ccc4n(-c4cc(C(C)(C)C)ccn4)c3c2)cc(C(C)(C)c2ccccc2)c1. The fourth-order valence-corrected chi connectivity index (χ4v) is 10.5. The first-order valence-electron chi connectivity index (χ1n) is 25.8. The van der Waals surface area contributed by atoms with E-state index >= 15 is 0 Å². The molecule has 1 aliphatic rings. The van der Waals surface area contributed by atoms with Gasteiger partial charge in [0.1, 0.15) is 17.3 Å². The Morgan fingerprint density at radius 3 is 1.81 bits per heavy atom. The first-order valence-corrected chi connectivity index (χ1v) is 25.8. The Bertz CT molecular complexity index is 3450. The lowest BCUT2D eigenvalue weighted by Gasteiger charge is -2.31. The number of rotatable bonds is 11. The molecule has 0 atom stereocenters. The van der Waals surface area contributed by atoms with Crippen LogP contribution in [0.2, 0.25) is 0 Å².